The molecule has 0 amide bonds. The summed E-state index contributed by atoms with van der Waals surface area (Å²) in [6, 6.07) is 6.00. The molecule has 5 nitrogen and oxygen atoms in total. The Balaban J connectivity index is 2.13. The fraction of sp³-hybridized carbons (Fsp3) is 0.667. The lowest BCUT2D eigenvalue weighted by Crippen LogP contribution is -2.54. The predicted molar refractivity (Wildman–Crippen MR) is 81.3 cm³/mol. The first-order valence-corrected chi connectivity index (χ1v) is 7.28. The minimum atomic E-state index is -0.278. The van der Waals surface area contributed by atoms with Crippen LogP contribution in [0.4, 0.5) is 11.6 Å². The van der Waals surface area contributed by atoms with Crippen LogP contribution in [0.15, 0.2) is 18.2 Å². The first-order chi connectivity index (χ1) is 9.54. The molecule has 0 saturated carbocycles. The molecule has 1 unspecified atom stereocenters. The average Bonchev–Trinajstić information content (AvgIpc) is 2.43. The largest absolute Gasteiger partial charge is 0.394 e. The summed E-state index contributed by atoms with van der Waals surface area (Å²) in [4.78, 5) is 6.83. The molecular weight excluding hydrogens is 254 g/mol. The number of ether oxygens (including phenoxy) is 1. The van der Waals surface area contributed by atoms with E-state index in [0.29, 0.717) is 6.54 Å². The lowest BCUT2D eigenvalue weighted by molar-refractivity contribution is -0.101. The Kier molecular flexibility index (Phi) is 4.83. The molecule has 112 valence electrons. The van der Waals surface area contributed by atoms with E-state index in [0.717, 1.165) is 31.1 Å². The van der Waals surface area contributed by atoms with Gasteiger partial charge in [0.25, 0.3) is 0 Å². The van der Waals surface area contributed by atoms with Gasteiger partial charge in [0.05, 0.1) is 18.3 Å². The second-order valence-corrected chi connectivity index (χ2v) is 5.87. The first kappa shape index (κ1) is 15.1. The van der Waals surface area contributed by atoms with Crippen LogP contribution in [-0.4, -0.2) is 48.0 Å². The molecule has 0 aromatic carbocycles. The summed E-state index contributed by atoms with van der Waals surface area (Å²) in [5, 5.41) is 12.7. The minimum absolute atomic E-state index is 0.0354. The molecule has 1 aromatic heterocycles. The van der Waals surface area contributed by atoms with Crippen LogP contribution in [0.1, 0.15) is 27.2 Å². The predicted octanol–water partition coefficient (Wildman–Crippen LogP) is 1.88. The van der Waals surface area contributed by atoms with E-state index in [1.165, 1.54) is 0 Å². The monoisotopic (exact) mass is 279 g/mol. The van der Waals surface area contributed by atoms with Crippen molar-refractivity contribution < 1.29 is 9.84 Å². The van der Waals surface area contributed by atoms with E-state index in [9.17, 15) is 5.11 Å². The summed E-state index contributed by atoms with van der Waals surface area (Å²) < 4.78 is 5.83. The van der Waals surface area contributed by atoms with E-state index in [1.807, 2.05) is 32.0 Å². The highest BCUT2D eigenvalue weighted by Gasteiger charge is 2.33. The van der Waals surface area contributed by atoms with Crippen LogP contribution in [-0.2, 0) is 4.74 Å². The van der Waals surface area contributed by atoms with E-state index < -0.39 is 0 Å². The number of nitrogens with one attached hydrogen (secondary N) is 1. The number of pyridine rings is 1. The molecule has 0 spiro atoms. The van der Waals surface area contributed by atoms with Crippen LogP contribution in [0.25, 0.3) is 0 Å². The molecule has 5 heteroatoms. The maximum Gasteiger partial charge on any atom is 0.131 e. The number of aliphatic hydroxyl groups excluding tert-OH is 1. The standard InChI is InChI=1S/C15H25N3O2/c1-4-8-16-13-6-5-7-14(17-13)18-9-12(10-19)20-15(2,3)11-18/h5-7,12,19H,4,8-11H2,1-3H3,(H,16,17). The normalized spacial score (nSPS) is 21.8. The van der Waals surface area contributed by atoms with Crippen molar-refractivity contribution in [2.24, 2.45) is 0 Å². The smallest absolute Gasteiger partial charge is 0.131 e. The van der Waals surface area contributed by atoms with Gasteiger partial charge >= 0.3 is 0 Å². The molecule has 2 heterocycles. The van der Waals surface area contributed by atoms with Gasteiger partial charge in [0, 0.05) is 19.6 Å². The molecule has 1 aliphatic heterocycles. The van der Waals surface area contributed by atoms with Crippen LogP contribution in [0, 0.1) is 0 Å². The number of rotatable bonds is 5. The molecule has 1 saturated heterocycles. The molecule has 2 rings (SSSR count). The summed E-state index contributed by atoms with van der Waals surface area (Å²) in [5.74, 6) is 1.83. The van der Waals surface area contributed by atoms with Crippen LogP contribution >= 0.6 is 0 Å². The lowest BCUT2D eigenvalue weighted by atomic mass is 10.1. The van der Waals surface area contributed by atoms with Gasteiger partial charge in [0.2, 0.25) is 0 Å². The highest BCUT2D eigenvalue weighted by molar-refractivity contribution is 5.47. The van der Waals surface area contributed by atoms with Crippen molar-refractivity contribution in [2.45, 2.75) is 38.9 Å². The molecule has 1 aromatic rings. The van der Waals surface area contributed by atoms with Crippen molar-refractivity contribution >= 4 is 11.6 Å². The van der Waals surface area contributed by atoms with Crippen molar-refractivity contribution in [3.8, 4) is 0 Å². The van der Waals surface area contributed by atoms with Crippen LogP contribution < -0.4 is 10.2 Å². The number of aromatic nitrogens is 1. The molecule has 1 aliphatic rings. The van der Waals surface area contributed by atoms with Gasteiger partial charge in [-0.1, -0.05) is 13.0 Å². The summed E-state index contributed by atoms with van der Waals surface area (Å²) in [6.07, 6.45) is 0.913. The van der Waals surface area contributed by atoms with Crippen molar-refractivity contribution in [3.05, 3.63) is 18.2 Å². The Morgan fingerprint density at radius 2 is 2.30 bits per heavy atom. The molecule has 0 aliphatic carbocycles. The van der Waals surface area contributed by atoms with Gasteiger partial charge in [0.15, 0.2) is 0 Å². The van der Waals surface area contributed by atoms with Crippen LogP contribution in [0.5, 0.6) is 0 Å². The van der Waals surface area contributed by atoms with Gasteiger partial charge < -0.3 is 20.1 Å². The average molecular weight is 279 g/mol. The number of hydrogen-bond acceptors (Lipinski definition) is 5. The van der Waals surface area contributed by atoms with E-state index in [2.05, 4.69) is 22.1 Å². The lowest BCUT2D eigenvalue weighted by Gasteiger charge is -2.42. The fourth-order valence-electron chi connectivity index (χ4n) is 2.52. The summed E-state index contributed by atoms with van der Waals surface area (Å²) in [6.45, 7) is 8.62. The number of morpholine rings is 1. The molecule has 1 fully saturated rings. The Labute approximate surface area is 121 Å². The summed E-state index contributed by atoms with van der Waals surface area (Å²) in [7, 11) is 0. The van der Waals surface area contributed by atoms with E-state index in [-0.39, 0.29) is 18.3 Å². The van der Waals surface area contributed by atoms with Crippen LogP contribution in [0.2, 0.25) is 0 Å². The Hall–Kier alpha value is -1.33. The van der Waals surface area contributed by atoms with E-state index in [1.54, 1.807) is 0 Å². The maximum atomic E-state index is 9.37. The molecule has 0 bridgehead atoms. The van der Waals surface area contributed by atoms with Gasteiger partial charge in [-0.15, -0.1) is 0 Å². The Bertz CT molecular complexity index is 437. The number of nitrogens with zero attached hydrogens (tertiary/aromatic N) is 2. The van der Waals surface area contributed by atoms with E-state index in [4.69, 9.17) is 4.74 Å². The van der Waals surface area contributed by atoms with Gasteiger partial charge in [-0.25, -0.2) is 4.98 Å². The third-order valence-electron chi connectivity index (χ3n) is 3.30. The first-order valence-electron chi connectivity index (χ1n) is 7.28. The fourth-order valence-corrected chi connectivity index (χ4v) is 2.52. The third kappa shape index (κ3) is 3.84. The highest BCUT2D eigenvalue weighted by atomic mass is 16.5. The van der Waals surface area contributed by atoms with Crippen molar-refractivity contribution in [2.75, 3.05) is 36.5 Å². The minimum Gasteiger partial charge on any atom is -0.394 e. The van der Waals surface area contributed by atoms with Gasteiger partial charge in [-0.05, 0) is 32.4 Å². The van der Waals surface area contributed by atoms with Gasteiger partial charge in [0.1, 0.15) is 11.6 Å². The molecular formula is C15H25N3O2. The quantitative estimate of drug-likeness (QED) is 0.862. The van der Waals surface area contributed by atoms with Crippen molar-refractivity contribution in [1.82, 2.24) is 4.98 Å². The van der Waals surface area contributed by atoms with Crippen molar-refractivity contribution in [3.63, 3.8) is 0 Å². The maximum absolute atomic E-state index is 9.37. The van der Waals surface area contributed by atoms with E-state index >= 15 is 0 Å². The Morgan fingerprint density at radius 3 is 3.00 bits per heavy atom. The molecule has 20 heavy (non-hydrogen) atoms. The summed E-state index contributed by atoms with van der Waals surface area (Å²) in [5.41, 5.74) is -0.278. The Morgan fingerprint density at radius 1 is 1.50 bits per heavy atom. The zero-order valence-electron chi connectivity index (χ0n) is 12.6. The topological polar surface area (TPSA) is 57.6 Å². The summed E-state index contributed by atoms with van der Waals surface area (Å²) >= 11 is 0. The molecule has 0 radical (unpaired) electrons. The van der Waals surface area contributed by atoms with Gasteiger partial charge in [-0.2, -0.15) is 0 Å². The van der Waals surface area contributed by atoms with Crippen LogP contribution in [0.3, 0.4) is 0 Å². The number of hydrogen-bond donors (Lipinski definition) is 2. The second-order valence-electron chi connectivity index (χ2n) is 5.87. The third-order valence-corrected chi connectivity index (χ3v) is 3.30. The molecule has 1 atom stereocenters. The highest BCUT2D eigenvalue weighted by Crippen LogP contribution is 2.25. The second kappa shape index (κ2) is 6.41. The zero-order chi connectivity index (χ0) is 14.6. The number of anilines is 2. The molecule has 2 N–H and O–H groups in total. The van der Waals surface area contributed by atoms with Gasteiger partial charge in [-0.3, -0.25) is 0 Å². The number of aliphatic hydroxyl groups is 1. The SMILES string of the molecule is CCCNc1cccc(N2CC(CO)OC(C)(C)C2)n1. The van der Waals surface area contributed by atoms with Crippen molar-refractivity contribution in [1.29, 1.82) is 0 Å². The zero-order valence-corrected chi connectivity index (χ0v) is 12.6.